The summed E-state index contributed by atoms with van der Waals surface area (Å²) in [6.07, 6.45) is 3.68. The van der Waals surface area contributed by atoms with Crippen LogP contribution in [0.25, 0.3) is 23.3 Å². The molecular formula is C18H15Cl2N5. The van der Waals surface area contributed by atoms with Crippen molar-refractivity contribution in [3.63, 3.8) is 0 Å². The van der Waals surface area contributed by atoms with Crippen LogP contribution in [0.4, 0.5) is 17.5 Å². The molecule has 7 heteroatoms. The first kappa shape index (κ1) is 17.1. The molecule has 126 valence electrons. The molecule has 5 nitrogen and oxygen atoms in total. The first-order valence-corrected chi connectivity index (χ1v) is 8.11. The van der Waals surface area contributed by atoms with Gasteiger partial charge in [0.1, 0.15) is 5.82 Å². The van der Waals surface area contributed by atoms with Gasteiger partial charge in [-0.15, -0.1) is 0 Å². The zero-order chi connectivity index (χ0) is 18.0. The maximum atomic E-state index is 6.12. The van der Waals surface area contributed by atoms with Gasteiger partial charge in [0.05, 0.1) is 15.7 Å². The number of nitrogen functional groups attached to an aromatic ring is 3. The van der Waals surface area contributed by atoms with Gasteiger partial charge < -0.3 is 17.2 Å². The second-order valence-electron chi connectivity index (χ2n) is 5.36. The Balaban J connectivity index is 2.11. The maximum Gasteiger partial charge on any atom is 0.222 e. The van der Waals surface area contributed by atoms with E-state index in [1.807, 2.05) is 30.3 Å². The van der Waals surface area contributed by atoms with Gasteiger partial charge in [0.15, 0.2) is 0 Å². The summed E-state index contributed by atoms with van der Waals surface area (Å²) >= 11 is 12.1. The van der Waals surface area contributed by atoms with Crippen molar-refractivity contribution in [2.75, 3.05) is 17.2 Å². The Kier molecular flexibility index (Phi) is 4.79. The molecule has 0 unspecified atom stereocenters. The first-order valence-electron chi connectivity index (χ1n) is 7.36. The van der Waals surface area contributed by atoms with Gasteiger partial charge in [-0.05, 0) is 41.5 Å². The summed E-state index contributed by atoms with van der Waals surface area (Å²) in [4.78, 5) is 8.34. The Bertz CT molecular complexity index is 970. The van der Waals surface area contributed by atoms with E-state index >= 15 is 0 Å². The maximum absolute atomic E-state index is 6.12. The smallest absolute Gasteiger partial charge is 0.222 e. The third kappa shape index (κ3) is 3.84. The van der Waals surface area contributed by atoms with Crippen molar-refractivity contribution in [1.82, 2.24) is 9.97 Å². The van der Waals surface area contributed by atoms with Crippen molar-refractivity contribution in [2.45, 2.75) is 0 Å². The summed E-state index contributed by atoms with van der Waals surface area (Å²) in [6.45, 7) is 0. The second kappa shape index (κ2) is 7.01. The van der Waals surface area contributed by atoms with E-state index in [1.165, 1.54) is 0 Å². The van der Waals surface area contributed by atoms with E-state index in [-0.39, 0.29) is 11.8 Å². The molecule has 0 saturated heterocycles. The highest BCUT2D eigenvalue weighted by molar-refractivity contribution is 6.42. The van der Waals surface area contributed by atoms with Crippen LogP contribution in [-0.4, -0.2) is 9.97 Å². The Morgan fingerprint density at radius 1 is 0.840 bits per heavy atom. The van der Waals surface area contributed by atoms with E-state index < -0.39 is 0 Å². The van der Waals surface area contributed by atoms with Crippen LogP contribution in [0.5, 0.6) is 0 Å². The molecule has 6 N–H and O–H groups in total. The zero-order valence-corrected chi connectivity index (χ0v) is 14.6. The lowest BCUT2D eigenvalue weighted by atomic mass is 10.0. The van der Waals surface area contributed by atoms with Crippen molar-refractivity contribution >= 4 is 52.8 Å². The van der Waals surface area contributed by atoms with Crippen LogP contribution >= 0.6 is 23.2 Å². The molecule has 0 fully saturated rings. The van der Waals surface area contributed by atoms with Crippen molar-refractivity contribution in [3.05, 3.63) is 63.8 Å². The highest BCUT2D eigenvalue weighted by Crippen LogP contribution is 2.33. The molecule has 0 atom stereocenters. The minimum Gasteiger partial charge on any atom is -0.399 e. The third-order valence-corrected chi connectivity index (χ3v) is 4.27. The molecule has 0 saturated carbocycles. The van der Waals surface area contributed by atoms with Gasteiger partial charge in [-0.25, -0.2) is 4.98 Å². The van der Waals surface area contributed by atoms with Crippen LogP contribution < -0.4 is 17.2 Å². The van der Waals surface area contributed by atoms with Crippen LogP contribution in [0.2, 0.25) is 10.0 Å². The van der Waals surface area contributed by atoms with Gasteiger partial charge >= 0.3 is 0 Å². The topological polar surface area (TPSA) is 104 Å². The standard InChI is InChI=1S/C18H15Cl2N5/c19-13-6-5-11(9-14(13)20)16-15(24-18(23)25-17(16)22)7-4-10-2-1-3-12(21)8-10/h1-9H,21H2,(H4,22,23,24,25). The van der Waals surface area contributed by atoms with Gasteiger partial charge in [0.25, 0.3) is 0 Å². The predicted octanol–water partition coefficient (Wildman–Crippen LogP) is 4.37. The summed E-state index contributed by atoms with van der Waals surface area (Å²) in [6, 6.07) is 12.7. The minimum absolute atomic E-state index is 0.0912. The average molecular weight is 372 g/mol. The predicted molar refractivity (Wildman–Crippen MR) is 106 cm³/mol. The molecule has 2 aromatic carbocycles. The number of halogens is 2. The molecule has 1 heterocycles. The highest BCUT2D eigenvalue weighted by Gasteiger charge is 2.13. The minimum atomic E-state index is 0.0912. The number of benzene rings is 2. The second-order valence-corrected chi connectivity index (χ2v) is 6.17. The van der Waals surface area contributed by atoms with Crippen LogP contribution in [0, 0.1) is 0 Å². The fourth-order valence-corrected chi connectivity index (χ4v) is 2.72. The van der Waals surface area contributed by atoms with E-state index in [1.54, 1.807) is 24.3 Å². The SMILES string of the molecule is Nc1cccc(C=Cc2nc(N)nc(N)c2-c2ccc(Cl)c(Cl)c2)c1. The van der Waals surface area contributed by atoms with Gasteiger partial charge in [-0.2, -0.15) is 4.98 Å². The number of rotatable bonds is 3. The van der Waals surface area contributed by atoms with Gasteiger partial charge in [-0.3, -0.25) is 0 Å². The van der Waals surface area contributed by atoms with Crippen LogP contribution in [0.15, 0.2) is 42.5 Å². The van der Waals surface area contributed by atoms with E-state index in [0.29, 0.717) is 27.0 Å². The molecule has 1 aromatic heterocycles. The summed E-state index contributed by atoms with van der Waals surface area (Å²) < 4.78 is 0. The fraction of sp³-hybridized carbons (Fsp3) is 0. The van der Waals surface area contributed by atoms with Crippen molar-refractivity contribution in [1.29, 1.82) is 0 Å². The summed E-state index contributed by atoms with van der Waals surface area (Å²) in [5, 5.41) is 0.873. The summed E-state index contributed by atoms with van der Waals surface area (Å²) in [5.74, 6) is 0.353. The average Bonchev–Trinajstić information content (AvgIpc) is 2.55. The lowest BCUT2D eigenvalue weighted by molar-refractivity contribution is 1.18. The number of aromatic nitrogens is 2. The lowest BCUT2D eigenvalue weighted by Crippen LogP contribution is -2.04. The molecule has 0 aliphatic rings. The Morgan fingerprint density at radius 2 is 1.64 bits per heavy atom. The van der Waals surface area contributed by atoms with E-state index in [2.05, 4.69) is 9.97 Å². The van der Waals surface area contributed by atoms with E-state index in [4.69, 9.17) is 40.4 Å². The molecule has 0 aliphatic carbocycles. The summed E-state index contributed by atoms with van der Waals surface area (Å²) in [5.41, 5.74) is 21.2. The normalized spacial score (nSPS) is 11.1. The molecule has 3 rings (SSSR count). The largest absolute Gasteiger partial charge is 0.399 e. The lowest BCUT2D eigenvalue weighted by Gasteiger charge is -2.10. The van der Waals surface area contributed by atoms with Crippen LogP contribution in [0.1, 0.15) is 11.3 Å². The van der Waals surface area contributed by atoms with Crippen LogP contribution in [-0.2, 0) is 0 Å². The molecular weight excluding hydrogens is 357 g/mol. The highest BCUT2D eigenvalue weighted by atomic mass is 35.5. The quantitative estimate of drug-likeness (QED) is 0.593. The zero-order valence-electron chi connectivity index (χ0n) is 13.1. The molecule has 0 amide bonds. The molecule has 25 heavy (non-hydrogen) atoms. The van der Waals surface area contributed by atoms with Gasteiger partial charge in [0.2, 0.25) is 5.95 Å². The Morgan fingerprint density at radius 3 is 2.36 bits per heavy atom. The van der Waals surface area contributed by atoms with Gasteiger partial charge in [-0.1, -0.05) is 47.5 Å². The number of hydrogen-bond donors (Lipinski definition) is 3. The third-order valence-electron chi connectivity index (χ3n) is 3.53. The first-order chi connectivity index (χ1) is 11.9. The van der Waals surface area contributed by atoms with E-state index in [9.17, 15) is 0 Å². The Hall–Kier alpha value is -2.76. The van der Waals surface area contributed by atoms with Gasteiger partial charge in [0, 0.05) is 11.3 Å². The molecule has 0 radical (unpaired) electrons. The molecule has 0 bridgehead atoms. The molecule has 0 aliphatic heterocycles. The number of nitrogens with two attached hydrogens (primary N) is 3. The van der Waals surface area contributed by atoms with Crippen molar-refractivity contribution in [3.8, 4) is 11.1 Å². The summed E-state index contributed by atoms with van der Waals surface area (Å²) in [7, 11) is 0. The molecule has 3 aromatic rings. The van der Waals surface area contributed by atoms with Crippen molar-refractivity contribution < 1.29 is 0 Å². The van der Waals surface area contributed by atoms with E-state index in [0.717, 1.165) is 11.1 Å². The van der Waals surface area contributed by atoms with Crippen LogP contribution in [0.3, 0.4) is 0 Å². The monoisotopic (exact) mass is 371 g/mol. The fourth-order valence-electron chi connectivity index (χ4n) is 2.42. The molecule has 0 spiro atoms. The van der Waals surface area contributed by atoms with Crippen molar-refractivity contribution in [2.24, 2.45) is 0 Å². The Labute approximate surface area is 155 Å². The number of anilines is 3. The number of nitrogens with zero attached hydrogens (tertiary/aromatic N) is 2. The number of hydrogen-bond acceptors (Lipinski definition) is 5.